The van der Waals surface area contributed by atoms with Crippen LogP contribution in [0.25, 0.3) is 0 Å². The summed E-state index contributed by atoms with van der Waals surface area (Å²) in [5.41, 5.74) is 0. The van der Waals surface area contributed by atoms with Crippen molar-refractivity contribution in [3.05, 3.63) is 0 Å². The van der Waals surface area contributed by atoms with Crippen LogP contribution in [0.3, 0.4) is 0 Å². The molecule has 2 atom stereocenters. The van der Waals surface area contributed by atoms with Gasteiger partial charge in [-0.05, 0) is 19.8 Å². The molecule has 0 aromatic rings. The summed E-state index contributed by atoms with van der Waals surface area (Å²) in [5, 5.41) is 0. The quantitative estimate of drug-likeness (QED) is 0.572. The average molecular weight is 274 g/mol. The fourth-order valence-corrected chi connectivity index (χ4v) is 3.27. The molecular weight excluding hydrogens is 250 g/mol. The average Bonchev–Trinajstić information content (AvgIpc) is 2.65. The molecule has 1 saturated carbocycles. The molecule has 2 fully saturated rings. The normalized spacial score (nSPS) is 31.1. The van der Waals surface area contributed by atoms with Gasteiger partial charge in [0.2, 0.25) is 5.91 Å². The molecule has 2 aliphatic rings. The molecule has 4 heteroatoms. The molecule has 1 amide bonds. The second-order valence-corrected chi connectivity index (χ2v) is 5.96. The van der Waals surface area contributed by atoms with Gasteiger partial charge in [-0.15, -0.1) is 11.6 Å². The van der Waals surface area contributed by atoms with Crippen LogP contribution in [0.2, 0.25) is 0 Å². The molecule has 3 nitrogen and oxygen atoms in total. The third kappa shape index (κ3) is 3.61. The number of amides is 1. The van der Waals surface area contributed by atoms with Crippen LogP contribution in [0.5, 0.6) is 0 Å². The maximum atomic E-state index is 12.5. The summed E-state index contributed by atoms with van der Waals surface area (Å²) < 4.78 is 5.70. The molecule has 2 unspecified atom stereocenters. The van der Waals surface area contributed by atoms with E-state index in [9.17, 15) is 4.79 Å². The molecule has 0 radical (unpaired) electrons. The lowest BCUT2D eigenvalue weighted by atomic mass is 9.98. The maximum absolute atomic E-state index is 12.5. The van der Waals surface area contributed by atoms with Crippen molar-refractivity contribution in [3.63, 3.8) is 0 Å². The second-order valence-electron chi connectivity index (χ2n) is 5.65. The highest BCUT2D eigenvalue weighted by atomic mass is 35.5. The van der Waals surface area contributed by atoms with Crippen molar-refractivity contribution in [1.29, 1.82) is 0 Å². The van der Waals surface area contributed by atoms with Gasteiger partial charge in [0.05, 0.1) is 18.1 Å². The van der Waals surface area contributed by atoms with Crippen molar-refractivity contribution >= 4 is 17.5 Å². The number of morpholine rings is 1. The van der Waals surface area contributed by atoms with E-state index in [1.54, 1.807) is 0 Å². The van der Waals surface area contributed by atoms with Crippen molar-refractivity contribution in [2.45, 2.75) is 57.7 Å². The zero-order valence-electron chi connectivity index (χ0n) is 11.2. The zero-order chi connectivity index (χ0) is 13.0. The molecule has 18 heavy (non-hydrogen) atoms. The Bertz CT molecular complexity index is 277. The first-order valence-electron chi connectivity index (χ1n) is 7.21. The Morgan fingerprint density at radius 1 is 1.22 bits per heavy atom. The third-order valence-electron chi connectivity index (χ3n) is 4.01. The fraction of sp³-hybridized carbons (Fsp3) is 0.929. The van der Waals surface area contributed by atoms with Crippen LogP contribution in [-0.4, -0.2) is 42.0 Å². The number of nitrogens with zero attached hydrogens (tertiary/aromatic N) is 1. The number of rotatable bonds is 2. The van der Waals surface area contributed by atoms with Crippen LogP contribution in [0.15, 0.2) is 0 Å². The lowest BCUT2D eigenvalue weighted by Crippen LogP contribution is -2.51. The number of halogens is 1. The Hall–Kier alpha value is -0.280. The monoisotopic (exact) mass is 273 g/mol. The molecule has 0 bridgehead atoms. The molecule has 1 heterocycles. The van der Waals surface area contributed by atoms with Crippen LogP contribution in [0, 0.1) is 5.92 Å². The van der Waals surface area contributed by atoms with Gasteiger partial charge in [0, 0.05) is 19.0 Å². The van der Waals surface area contributed by atoms with Crippen LogP contribution < -0.4 is 0 Å². The van der Waals surface area contributed by atoms with Crippen molar-refractivity contribution < 1.29 is 9.53 Å². The van der Waals surface area contributed by atoms with Gasteiger partial charge in [-0.2, -0.15) is 0 Å². The fourth-order valence-electron chi connectivity index (χ4n) is 3.09. The van der Waals surface area contributed by atoms with E-state index >= 15 is 0 Å². The predicted molar refractivity (Wildman–Crippen MR) is 72.8 cm³/mol. The van der Waals surface area contributed by atoms with Crippen molar-refractivity contribution in [1.82, 2.24) is 4.90 Å². The lowest BCUT2D eigenvalue weighted by Gasteiger charge is -2.37. The highest BCUT2D eigenvalue weighted by Crippen LogP contribution is 2.26. The van der Waals surface area contributed by atoms with Gasteiger partial charge in [0.25, 0.3) is 0 Å². The minimum absolute atomic E-state index is 0.00476. The van der Waals surface area contributed by atoms with E-state index < -0.39 is 0 Å². The zero-order valence-corrected chi connectivity index (χ0v) is 12.0. The largest absolute Gasteiger partial charge is 0.370 e. The van der Waals surface area contributed by atoms with Crippen LogP contribution in [0.4, 0.5) is 0 Å². The number of hydrogen-bond acceptors (Lipinski definition) is 2. The first-order valence-corrected chi connectivity index (χ1v) is 7.74. The topological polar surface area (TPSA) is 29.5 Å². The van der Waals surface area contributed by atoms with E-state index in [2.05, 4.69) is 0 Å². The smallest absolute Gasteiger partial charge is 0.225 e. The molecule has 0 aromatic heterocycles. The molecule has 1 saturated heterocycles. The molecule has 1 aliphatic carbocycles. The SMILES string of the molecule is CC1CN(C(=O)C2CCCCCC2)CC(CCl)O1. The van der Waals surface area contributed by atoms with E-state index in [1.165, 1.54) is 25.7 Å². The molecule has 0 aromatic carbocycles. The van der Waals surface area contributed by atoms with E-state index in [1.807, 2.05) is 11.8 Å². The first-order chi connectivity index (χ1) is 8.70. The molecule has 104 valence electrons. The van der Waals surface area contributed by atoms with E-state index in [0.717, 1.165) is 19.4 Å². The van der Waals surface area contributed by atoms with Gasteiger partial charge in [-0.25, -0.2) is 0 Å². The highest BCUT2D eigenvalue weighted by Gasteiger charge is 2.31. The van der Waals surface area contributed by atoms with Gasteiger partial charge in [0.1, 0.15) is 0 Å². The number of hydrogen-bond donors (Lipinski definition) is 0. The number of carbonyl (C=O) groups excluding carboxylic acids is 1. The van der Waals surface area contributed by atoms with E-state index in [4.69, 9.17) is 16.3 Å². The van der Waals surface area contributed by atoms with Crippen molar-refractivity contribution in [2.75, 3.05) is 19.0 Å². The number of ether oxygens (including phenoxy) is 1. The Morgan fingerprint density at radius 2 is 1.89 bits per heavy atom. The Balaban J connectivity index is 1.94. The van der Waals surface area contributed by atoms with Gasteiger partial charge < -0.3 is 9.64 Å². The Kier molecular flexibility index (Phi) is 5.31. The van der Waals surface area contributed by atoms with Gasteiger partial charge in [-0.3, -0.25) is 4.79 Å². The number of carbonyl (C=O) groups is 1. The van der Waals surface area contributed by atoms with E-state index in [-0.39, 0.29) is 18.1 Å². The van der Waals surface area contributed by atoms with Crippen LogP contribution in [0.1, 0.15) is 45.4 Å². The molecule has 0 spiro atoms. The van der Waals surface area contributed by atoms with Crippen LogP contribution in [-0.2, 0) is 9.53 Å². The van der Waals surface area contributed by atoms with Crippen molar-refractivity contribution in [2.24, 2.45) is 5.92 Å². The van der Waals surface area contributed by atoms with Gasteiger partial charge in [0.15, 0.2) is 0 Å². The lowest BCUT2D eigenvalue weighted by molar-refractivity contribution is -0.147. The first kappa shape index (κ1) is 14.1. The molecule has 2 rings (SSSR count). The molecular formula is C14H24ClNO2. The molecule has 0 N–H and O–H groups in total. The summed E-state index contributed by atoms with van der Waals surface area (Å²) in [4.78, 5) is 14.5. The number of alkyl halides is 1. The summed E-state index contributed by atoms with van der Waals surface area (Å²) in [6, 6.07) is 0. The summed E-state index contributed by atoms with van der Waals surface area (Å²) in [5.74, 6) is 1.05. The Labute approximate surface area is 115 Å². The van der Waals surface area contributed by atoms with Gasteiger partial charge >= 0.3 is 0 Å². The minimum atomic E-state index is 0.00476. The van der Waals surface area contributed by atoms with Crippen molar-refractivity contribution in [3.8, 4) is 0 Å². The highest BCUT2D eigenvalue weighted by molar-refractivity contribution is 6.18. The molecule has 1 aliphatic heterocycles. The standard InChI is InChI=1S/C14H24ClNO2/c1-11-9-16(10-13(8-15)18-11)14(17)12-6-4-2-3-5-7-12/h11-13H,2-10H2,1H3. The van der Waals surface area contributed by atoms with Gasteiger partial charge in [-0.1, -0.05) is 25.7 Å². The maximum Gasteiger partial charge on any atom is 0.225 e. The second kappa shape index (κ2) is 6.76. The minimum Gasteiger partial charge on any atom is -0.370 e. The Morgan fingerprint density at radius 3 is 2.50 bits per heavy atom. The van der Waals surface area contributed by atoms with Crippen LogP contribution >= 0.6 is 11.6 Å². The third-order valence-corrected chi connectivity index (χ3v) is 4.36. The van der Waals surface area contributed by atoms with E-state index in [0.29, 0.717) is 18.3 Å². The predicted octanol–water partition coefficient (Wildman–Crippen LogP) is 2.81. The summed E-state index contributed by atoms with van der Waals surface area (Å²) >= 11 is 5.86. The summed E-state index contributed by atoms with van der Waals surface area (Å²) in [6.45, 7) is 3.41. The summed E-state index contributed by atoms with van der Waals surface area (Å²) in [6.07, 6.45) is 7.22. The summed E-state index contributed by atoms with van der Waals surface area (Å²) in [7, 11) is 0.